The van der Waals surface area contributed by atoms with Gasteiger partial charge in [0.2, 0.25) is 0 Å². The van der Waals surface area contributed by atoms with Gasteiger partial charge in [-0.25, -0.2) is 14.6 Å². The second-order valence-electron chi connectivity index (χ2n) is 7.54. The minimum absolute atomic E-state index is 0.0354. The molecule has 0 heterocycles. The van der Waals surface area contributed by atoms with Crippen LogP contribution in [0.4, 0.5) is 9.18 Å². The van der Waals surface area contributed by atoms with Gasteiger partial charge in [0.1, 0.15) is 5.82 Å². The molecule has 2 amide bonds. The molecule has 5 rings (SSSR count). The number of hydrogen-bond acceptors (Lipinski definition) is 2. The fourth-order valence-electron chi connectivity index (χ4n) is 5.27. The molecule has 0 unspecified atom stereocenters. The number of nitrogens with one attached hydrogen (secondary N) is 2. The van der Waals surface area contributed by atoms with Gasteiger partial charge in [-0.15, -0.1) is 0 Å². The summed E-state index contributed by atoms with van der Waals surface area (Å²) in [7, 11) is 0. The third-order valence-corrected chi connectivity index (χ3v) is 5.69. The zero-order valence-electron chi connectivity index (χ0n) is 13.1. The van der Waals surface area contributed by atoms with E-state index in [1.54, 1.807) is 18.2 Å². The van der Waals surface area contributed by atoms with Crippen LogP contribution in [0.25, 0.3) is 0 Å². The quantitative estimate of drug-likeness (QED) is 0.651. The van der Waals surface area contributed by atoms with Crippen molar-refractivity contribution in [1.82, 2.24) is 10.7 Å². The molecule has 2 N–H and O–H groups in total. The lowest BCUT2D eigenvalue weighted by molar-refractivity contribution is -0.0135. The highest BCUT2D eigenvalue weighted by Gasteiger charge is 2.51. The molecule has 1 aromatic carbocycles. The summed E-state index contributed by atoms with van der Waals surface area (Å²) in [5.74, 6) is 2.00. The van der Waals surface area contributed by atoms with Crippen molar-refractivity contribution in [2.75, 3.05) is 0 Å². The zero-order chi connectivity index (χ0) is 15.9. The lowest BCUT2D eigenvalue weighted by atomic mass is 9.53. The average molecular weight is 315 g/mol. The molecular weight excluding hydrogens is 293 g/mol. The van der Waals surface area contributed by atoms with Crippen LogP contribution in [0.3, 0.4) is 0 Å². The Morgan fingerprint density at radius 1 is 1.13 bits per heavy atom. The molecule has 0 aromatic heterocycles. The fraction of sp³-hybridized carbons (Fsp3) is 0.556. The van der Waals surface area contributed by atoms with Gasteiger partial charge in [0, 0.05) is 11.1 Å². The van der Waals surface area contributed by atoms with Crippen molar-refractivity contribution in [2.24, 2.45) is 22.9 Å². The van der Waals surface area contributed by atoms with Gasteiger partial charge in [-0.1, -0.05) is 18.2 Å². The number of urea groups is 1. The van der Waals surface area contributed by atoms with Crippen molar-refractivity contribution in [3.8, 4) is 0 Å². The van der Waals surface area contributed by atoms with Crippen LogP contribution < -0.4 is 10.7 Å². The summed E-state index contributed by atoms with van der Waals surface area (Å²) in [6.07, 6.45) is 8.67. The van der Waals surface area contributed by atoms with Gasteiger partial charge in [0.05, 0.1) is 6.21 Å². The monoisotopic (exact) mass is 315 g/mol. The molecule has 4 bridgehead atoms. The van der Waals surface area contributed by atoms with Crippen LogP contribution in [0.5, 0.6) is 0 Å². The number of benzene rings is 1. The first-order valence-corrected chi connectivity index (χ1v) is 8.48. The Balaban J connectivity index is 1.36. The molecule has 4 nitrogen and oxygen atoms in total. The summed E-state index contributed by atoms with van der Waals surface area (Å²) in [5.41, 5.74) is 2.81. The van der Waals surface area contributed by atoms with Crippen LogP contribution in [0, 0.1) is 23.6 Å². The molecule has 4 aliphatic rings. The highest BCUT2D eigenvalue weighted by atomic mass is 19.1. The maximum Gasteiger partial charge on any atom is 0.335 e. The van der Waals surface area contributed by atoms with Crippen molar-refractivity contribution >= 4 is 12.2 Å². The van der Waals surface area contributed by atoms with Crippen molar-refractivity contribution in [3.63, 3.8) is 0 Å². The normalized spacial score (nSPS) is 34.7. The molecule has 0 spiro atoms. The van der Waals surface area contributed by atoms with Crippen LogP contribution in [0.1, 0.15) is 44.1 Å². The lowest BCUT2D eigenvalue weighted by Crippen LogP contribution is -2.61. The van der Waals surface area contributed by atoms with Gasteiger partial charge in [-0.05, 0) is 62.3 Å². The number of amides is 2. The highest BCUT2D eigenvalue weighted by Crippen LogP contribution is 2.55. The number of halogens is 1. The maximum atomic E-state index is 13.5. The smallest absolute Gasteiger partial charge is 0.331 e. The summed E-state index contributed by atoms with van der Waals surface area (Å²) < 4.78 is 13.5. The number of rotatable bonds is 3. The average Bonchev–Trinajstić information content (AvgIpc) is 2.47. The summed E-state index contributed by atoms with van der Waals surface area (Å²) in [6.45, 7) is 0. The Labute approximate surface area is 135 Å². The molecule has 1 aromatic rings. The minimum Gasteiger partial charge on any atom is -0.331 e. The van der Waals surface area contributed by atoms with E-state index >= 15 is 0 Å². The Morgan fingerprint density at radius 2 is 1.74 bits per heavy atom. The van der Waals surface area contributed by atoms with Crippen molar-refractivity contribution < 1.29 is 9.18 Å². The summed E-state index contributed by atoms with van der Waals surface area (Å²) >= 11 is 0. The van der Waals surface area contributed by atoms with E-state index in [2.05, 4.69) is 15.8 Å². The Kier molecular flexibility index (Phi) is 3.58. The van der Waals surface area contributed by atoms with E-state index in [1.807, 2.05) is 0 Å². The van der Waals surface area contributed by atoms with Crippen molar-refractivity contribution in [2.45, 2.75) is 44.1 Å². The molecule has 4 saturated carbocycles. The van der Waals surface area contributed by atoms with Crippen LogP contribution in [0.15, 0.2) is 29.4 Å². The third kappa shape index (κ3) is 2.96. The van der Waals surface area contributed by atoms with Crippen LogP contribution in [-0.4, -0.2) is 17.8 Å². The molecular formula is C18H22FN3O. The van der Waals surface area contributed by atoms with Gasteiger partial charge in [-0.2, -0.15) is 5.10 Å². The van der Waals surface area contributed by atoms with E-state index in [9.17, 15) is 9.18 Å². The van der Waals surface area contributed by atoms with E-state index in [4.69, 9.17) is 0 Å². The summed E-state index contributed by atoms with van der Waals surface area (Å²) in [6, 6.07) is 6.08. The second-order valence-corrected chi connectivity index (χ2v) is 7.54. The highest BCUT2D eigenvalue weighted by molar-refractivity contribution is 5.82. The van der Waals surface area contributed by atoms with Crippen molar-refractivity contribution in [3.05, 3.63) is 35.6 Å². The Morgan fingerprint density at radius 3 is 2.35 bits per heavy atom. The zero-order valence-corrected chi connectivity index (χ0v) is 13.1. The first-order valence-electron chi connectivity index (χ1n) is 8.48. The van der Waals surface area contributed by atoms with E-state index in [0.29, 0.717) is 5.56 Å². The molecule has 4 aliphatic carbocycles. The third-order valence-electron chi connectivity index (χ3n) is 5.69. The minimum atomic E-state index is -0.348. The standard InChI is InChI=1S/C18H22FN3O/c19-16-4-2-1-3-15(16)11-20-22-17(23)21-18-8-12-5-13(9-18)7-14(6-12)10-18/h1-4,11-14H,5-10H2,(H2,21,22,23)/b20-11+. The predicted octanol–water partition coefficient (Wildman–Crippen LogP) is 3.43. The van der Waals surface area contributed by atoms with E-state index in [-0.39, 0.29) is 17.4 Å². The van der Waals surface area contributed by atoms with Crippen LogP contribution in [0.2, 0.25) is 0 Å². The maximum absolute atomic E-state index is 13.5. The molecule has 0 atom stereocenters. The van der Waals surface area contributed by atoms with Gasteiger partial charge in [0.15, 0.2) is 0 Å². The molecule has 5 heteroatoms. The number of carbonyl (C=O) groups is 1. The Hall–Kier alpha value is -1.91. The summed E-state index contributed by atoms with van der Waals surface area (Å²) in [5, 5.41) is 7.04. The van der Waals surface area contributed by atoms with Gasteiger partial charge < -0.3 is 5.32 Å². The largest absolute Gasteiger partial charge is 0.335 e. The first-order chi connectivity index (χ1) is 11.1. The number of nitrogens with zero attached hydrogens (tertiary/aromatic N) is 1. The molecule has 0 saturated heterocycles. The van der Waals surface area contributed by atoms with E-state index in [1.165, 1.54) is 31.5 Å². The molecule has 122 valence electrons. The number of carbonyl (C=O) groups excluding carboxylic acids is 1. The van der Waals surface area contributed by atoms with Gasteiger partial charge in [0.25, 0.3) is 0 Å². The van der Waals surface area contributed by atoms with Crippen molar-refractivity contribution in [1.29, 1.82) is 0 Å². The first kappa shape index (κ1) is 14.7. The topological polar surface area (TPSA) is 53.5 Å². The fourth-order valence-corrected chi connectivity index (χ4v) is 5.27. The predicted molar refractivity (Wildman–Crippen MR) is 86.6 cm³/mol. The van der Waals surface area contributed by atoms with E-state index < -0.39 is 0 Å². The van der Waals surface area contributed by atoms with Crippen LogP contribution in [-0.2, 0) is 0 Å². The molecule has 0 aliphatic heterocycles. The summed E-state index contributed by atoms with van der Waals surface area (Å²) in [4.78, 5) is 12.2. The van der Waals surface area contributed by atoms with Gasteiger partial charge >= 0.3 is 6.03 Å². The Bertz CT molecular complexity index is 608. The lowest BCUT2D eigenvalue weighted by Gasteiger charge is -2.56. The SMILES string of the molecule is O=C(N/N=C/c1ccccc1F)NC12CC3CC(CC(C3)C1)C2. The molecule has 0 radical (unpaired) electrons. The molecule has 4 fully saturated rings. The van der Waals surface area contributed by atoms with E-state index in [0.717, 1.165) is 37.0 Å². The molecule has 23 heavy (non-hydrogen) atoms. The second kappa shape index (κ2) is 5.62. The van der Waals surface area contributed by atoms with Crippen LogP contribution >= 0.6 is 0 Å². The van der Waals surface area contributed by atoms with Gasteiger partial charge in [-0.3, -0.25) is 0 Å². The number of hydrogen-bond donors (Lipinski definition) is 2. The number of hydrazone groups is 1.